The average Bonchev–Trinajstić information content (AvgIpc) is 3.49. The summed E-state index contributed by atoms with van der Waals surface area (Å²) in [5.74, 6) is -0.0985. The summed E-state index contributed by atoms with van der Waals surface area (Å²) in [6.07, 6.45) is 2.89. The first kappa shape index (κ1) is 38.1. The highest BCUT2D eigenvalue weighted by Crippen LogP contribution is 2.44. The second-order valence-corrected chi connectivity index (χ2v) is 17.4. The zero-order valence-electron chi connectivity index (χ0n) is 32.0. The zero-order chi connectivity index (χ0) is 38.4. The SMILES string of the molecule is Cc1ccc([C@H](c2ccn3c(C)nnc3c2C)C(C)(C)C(=O)O)cc1CN1CC2(CCOCC2)Oc2nc(NCCN3CCOCC3)c(C)cc2S1(=O)=O. The van der Waals surface area contributed by atoms with Crippen molar-refractivity contribution in [1.29, 1.82) is 0 Å². The normalized spacial score (nSPS) is 19.6. The Kier molecular flexibility index (Phi) is 10.5. The molecule has 14 nitrogen and oxygen atoms in total. The van der Waals surface area contributed by atoms with Gasteiger partial charge in [0.15, 0.2) is 5.65 Å². The van der Waals surface area contributed by atoms with Crippen molar-refractivity contribution in [3.63, 3.8) is 0 Å². The van der Waals surface area contributed by atoms with Gasteiger partial charge < -0.3 is 24.6 Å². The van der Waals surface area contributed by atoms with Crippen molar-refractivity contribution >= 4 is 27.5 Å². The molecule has 1 atom stereocenters. The Balaban J connectivity index is 1.25. The Morgan fingerprint density at radius 2 is 1.72 bits per heavy atom. The Bertz CT molecular complexity index is 2160. The van der Waals surface area contributed by atoms with Crippen LogP contribution in [0.25, 0.3) is 5.65 Å². The molecule has 290 valence electrons. The third-order valence-corrected chi connectivity index (χ3v) is 13.2. The fourth-order valence-electron chi connectivity index (χ4n) is 7.96. The van der Waals surface area contributed by atoms with Crippen LogP contribution in [0, 0.1) is 33.1 Å². The number of carbonyl (C=O) groups is 1. The molecule has 0 aliphatic carbocycles. The van der Waals surface area contributed by atoms with Gasteiger partial charge in [-0.05, 0) is 87.1 Å². The molecule has 15 heteroatoms. The van der Waals surface area contributed by atoms with Crippen molar-refractivity contribution in [3.05, 3.63) is 75.7 Å². The molecule has 3 aliphatic rings. The minimum absolute atomic E-state index is 0.0355. The number of aliphatic carboxylic acids is 1. The molecule has 0 saturated carbocycles. The molecular weight excluding hydrogens is 711 g/mol. The Hall–Kier alpha value is -4.15. The molecule has 4 aromatic rings. The number of sulfonamides is 1. The lowest BCUT2D eigenvalue weighted by Crippen LogP contribution is -2.50. The lowest BCUT2D eigenvalue weighted by Gasteiger charge is -2.38. The number of aryl methyl sites for hydroxylation is 4. The number of benzene rings is 1. The largest absolute Gasteiger partial charge is 0.481 e. The molecule has 6 heterocycles. The van der Waals surface area contributed by atoms with Crippen LogP contribution in [0.15, 0.2) is 41.4 Å². The van der Waals surface area contributed by atoms with Gasteiger partial charge in [-0.1, -0.05) is 18.2 Å². The van der Waals surface area contributed by atoms with E-state index < -0.39 is 32.9 Å². The van der Waals surface area contributed by atoms with E-state index in [9.17, 15) is 18.3 Å². The lowest BCUT2D eigenvalue weighted by atomic mass is 9.70. The summed E-state index contributed by atoms with van der Waals surface area (Å²) in [6, 6.07) is 9.47. The number of carboxylic acid groups (broad SMARTS) is 1. The number of hydrogen-bond donors (Lipinski definition) is 2. The van der Waals surface area contributed by atoms with Gasteiger partial charge in [-0.15, -0.1) is 10.2 Å². The van der Waals surface area contributed by atoms with Crippen LogP contribution in [0.4, 0.5) is 5.82 Å². The van der Waals surface area contributed by atoms with E-state index in [-0.39, 0.29) is 23.9 Å². The number of pyridine rings is 2. The third kappa shape index (κ3) is 7.19. The van der Waals surface area contributed by atoms with Gasteiger partial charge in [0.05, 0.1) is 38.4 Å². The van der Waals surface area contributed by atoms with Gasteiger partial charge >= 0.3 is 5.97 Å². The molecule has 2 N–H and O–H groups in total. The van der Waals surface area contributed by atoms with E-state index in [1.165, 1.54) is 4.31 Å². The molecule has 2 saturated heterocycles. The highest BCUT2D eigenvalue weighted by molar-refractivity contribution is 7.89. The molecule has 3 aliphatic heterocycles. The van der Waals surface area contributed by atoms with Crippen molar-refractivity contribution in [2.45, 2.75) is 77.3 Å². The van der Waals surface area contributed by atoms with Crippen molar-refractivity contribution in [3.8, 4) is 5.88 Å². The van der Waals surface area contributed by atoms with Crippen LogP contribution >= 0.6 is 0 Å². The summed E-state index contributed by atoms with van der Waals surface area (Å²) in [4.78, 5) is 20.1. The summed E-state index contributed by atoms with van der Waals surface area (Å²) in [5.41, 5.74) is 3.39. The van der Waals surface area contributed by atoms with Crippen molar-refractivity contribution in [2.24, 2.45) is 5.41 Å². The number of rotatable bonds is 10. The predicted molar refractivity (Wildman–Crippen MR) is 203 cm³/mol. The smallest absolute Gasteiger partial charge is 0.310 e. The quantitative estimate of drug-likeness (QED) is 0.234. The number of fused-ring (bicyclic) bond motifs is 2. The molecule has 0 bridgehead atoms. The predicted octanol–water partition coefficient (Wildman–Crippen LogP) is 4.48. The minimum Gasteiger partial charge on any atom is -0.481 e. The van der Waals surface area contributed by atoms with Gasteiger partial charge in [0.2, 0.25) is 15.9 Å². The Morgan fingerprint density at radius 3 is 2.44 bits per heavy atom. The number of morpholine rings is 1. The first-order valence-electron chi connectivity index (χ1n) is 18.7. The van der Waals surface area contributed by atoms with Crippen molar-refractivity contribution in [2.75, 3.05) is 64.5 Å². The molecular formula is C39H51N7O7S. The maximum atomic E-state index is 14.8. The molecule has 1 spiro atoms. The van der Waals surface area contributed by atoms with E-state index in [0.29, 0.717) is 62.8 Å². The van der Waals surface area contributed by atoms with Crippen LogP contribution < -0.4 is 10.1 Å². The average molecular weight is 762 g/mol. The summed E-state index contributed by atoms with van der Waals surface area (Å²) in [7, 11) is -4.10. The van der Waals surface area contributed by atoms with Crippen LogP contribution in [-0.2, 0) is 30.8 Å². The maximum absolute atomic E-state index is 14.8. The summed E-state index contributed by atoms with van der Waals surface area (Å²) in [6.45, 7) is 16.8. The summed E-state index contributed by atoms with van der Waals surface area (Å²) >= 11 is 0. The van der Waals surface area contributed by atoms with E-state index in [4.69, 9.17) is 19.2 Å². The number of nitrogens with one attached hydrogen (secondary N) is 1. The number of anilines is 1. The fourth-order valence-corrected chi connectivity index (χ4v) is 9.58. The van der Waals surface area contributed by atoms with E-state index in [0.717, 1.165) is 53.3 Å². The van der Waals surface area contributed by atoms with Crippen LogP contribution in [0.3, 0.4) is 0 Å². The molecule has 0 radical (unpaired) electrons. The monoisotopic (exact) mass is 761 g/mol. The van der Waals surface area contributed by atoms with E-state index >= 15 is 0 Å². The molecule has 0 amide bonds. The van der Waals surface area contributed by atoms with E-state index in [2.05, 4.69) is 20.4 Å². The van der Waals surface area contributed by atoms with Crippen LogP contribution in [0.1, 0.15) is 71.8 Å². The summed E-state index contributed by atoms with van der Waals surface area (Å²) in [5, 5.41) is 22.6. The number of ether oxygens (including phenoxy) is 3. The van der Waals surface area contributed by atoms with Gasteiger partial charge in [0.25, 0.3) is 0 Å². The van der Waals surface area contributed by atoms with Gasteiger partial charge in [-0.2, -0.15) is 9.29 Å². The molecule has 0 unspecified atom stereocenters. The van der Waals surface area contributed by atoms with Crippen molar-refractivity contribution < 1.29 is 32.5 Å². The van der Waals surface area contributed by atoms with Gasteiger partial charge in [-0.3, -0.25) is 14.1 Å². The first-order chi connectivity index (χ1) is 25.7. The van der Waals surface area contributed by atoms with Crippen molar-refractivity contribution in [1.82, 2.24) is 28.8 Å². The topological polar surface area (TPSA) is 161 Å². The first-order valence-corrected chi connectivity index (χ1v) is 20.1. The molecule has 2 fully saturated rings. The van der Waals surface area contributed by atoms with Crippen LogP contribution in [-0.4, -0.2) is 113 Å². The maximum Gasteiger partial charge on any atom is 0.310 e. The molecule has 3 aromatic heterocycles. The number of nitrogens with zero attached hydrogens (tertiary/aromatic N) is 6. The molecule has 54 heavy (non-hydrogen) atoms. The van der Waals surface area contributed by atoms with Gasteiger partial charge in [0.1, 0.15) is 22.1 Å². The highest BCUT2D eigenvalue weighted by atomic mass is 32.2. The van der Waals surface area contributed by atoms with E-state index in [1.807, 2.05) is 62.6 Å². The van der Waals surface area contributed by atoms with E-state index in [1.54, 1.807) is 19.9 Å². The number of hydrogen-bond acceptors (Lipinski definition) is 11. The van der Waals surface area contributed by atoms with Crippen LogP contribution in [0.5, 0.6) is 5.88 Å². The minimum atomic E-state index is -4.10. The lowest BCUT2D eigenvalue weighted by molar-refractivity contribution is -0.147. The number of carboxylic acids is 1. The molecule has 7 rings (SSSR count). The summed E-state index contributed by atoms with van der Waals surface area (Å²) < 4.78 is 50.8. The number of aromatic nitrogens is 4. The standard InChI is InChI=1S/C39H51N7O7S/c1-25-7-8-29(33(38(5,6)37(47)48)31-9-13-46-28(4)42-43-35(46)27(31)3)22-30(25)23-45-24-39(10-17-51-18-11-39)53-36-32(54(45,49)50)21-26(2)34(41-36)40-12-14-44-15-19-52-20-16-44/h7-9,13,21-22,33H,10-12,14-20,23-24H2,1-6H3,(H,40,41)(H,47,48)/t33-/m1/s1. The molecule has 1 aromatic carbocycles. The second-order valence-electron chi connectivity index (χ2n) is 15.5. The van der Waals surface area contributed by atoms with Gasteiger partial charge in [-0.25, -0.2) is 8.42 Å². The zero-order valence-corrected chi connectivity index (χ0v) is 32.8. The third-order valence-electron chi connectivity index (χ3n) is 11.4. The Morgan fingerprint density at radius 1 is 1.00 bits per heavy atom. The highest BCUT2D eigenvalue weighted by Gasteiger charge is 2.46. The fraction of sp³-hybridized carbons (Fsp3) is 0.538. The Labute approximate surface area is 316 Å². The second kappa shape index (κ2) is 14.8. The van der Waals surface area contributed by atoms with Crippen LogP contribution in [0.2, 0.25) is 0 Å². The van der Waals surface area contributed by atoms with Gasteiger partial charge in [0, 0.05) is 57.7 Å².